The van der Waals surface area contributed by atoms with Crippen LogP contribution in [0.1, 0.15) is 59.4 Å². The zero-order valence-electron chi connectivity index (χ0n) is 21.3. The SMILES string of the molecule is Cc1ccc(CC(=O)N2CCC3(CC2)CN([C@@H]2CCc4cc(-c5ncccn5)ccc42)C3)c(C(O)O)c1. The molecule has 7 nitrogen and oxygen atoms in total. The van der Waals surface area contributed by atoms with Crippen molar-refractivity contribution in [3.8, 4) is 11.4 Å². The number of rotatable bonds is 5. The van der Waals surface area contributed by atoms with Crippen molar-refractivity contribution in [1.29, 1.82) is 0 Å². The number of aromatic nitrogens is 2. The predicted octanol–water partition coefficient (Wildman–Crippen LogP) is 3.59. The number of aliphatic hydroxyl groups excluding tert-OH is 1. The highest BCUT2D eigenvalue weighted by atomic mass is 16.5. The molecule has 2 saturated heterocycles. The van der Waals surface area contributed by atoms with Crippen molar-refractivity contribution < 1.29 is 15.0 Å². The summed E-state index contributed by atoms with van der Waals surface area (Å²) < 4.78 is 0. The summed E-state index contributed by atoms with van der Waals surface area (Å²) in [6.45, 7) is 5.65. The van der Waals surface area contributed by atoms with Crippen molar-refractivity contribution in [2.45, 2.75) is 51.4 Å². The Bertz CT molecular complexity index is 1290. The van der Waals surface area contributed by atoms with Crippen LogP contribution in [-0.2, 0) is 17.6 Å². The fourth-order valence-electron chi connectivity index (χ4n) is 6.53. The molecule has 1 amide bonds. The van der Waals surface area contributed by atoms with Crippen molar-refractivity contribution in [3.63, 3.8) is 0 Å². The second kappa shape index (κ2) is 9.63. The highest BCUT2D eigenvalue weighted by Crippen LogP contribution is 2.48. The molecule has 3 aliphatic rings. The van der Waals surface area contributed by atoms with Gasteiger partial charge in [0.05, 0.1) is 6.42 Å². The largest absolute Gasteiger partial charge is 0.364 e. The normalized spacial score (nSPS) is 20.8. The lowest BCUT2D eigenvalue weighted by molar-refractivity contribution is -0.136. The first-order valence-electron chi connectivity index (χ1n) is 13.3. The van der Waals surface area contributed by atoms with E-state index in [1.807, 2.05) is 30.0 Å². The molecule has 2 fully saturated rings. The number of hydrogen-bond acceptors (Lipinski definition) is 6. The van der Waals surface area contributed by atoms with Crippen LogP contribution in [0.25, 0.3) is 11.4 Å². The Morgan fingerprint density at radius 3 is 2.57 bits per heavy atom. The van der Waals surface area contributed by atoms with E-state index in [0.717, 1.165) is 68.8 Å². The van der Waals surface area contributed by atoms with E-state index in [2.05, 4.69) is 33.1 Å². The zero-order valence-corrected chi connectivity index (χ0v) is 21.3. The van der Waals surface area contributed by atoms with Crippen LogP contribution in [0.4, 0.5) is 0 Å². The van der Waals surface area contributed by atoms with Crippen LogP contribution in [0, 0.1) is 12.3 Å². The predicted molar refractivity (Wildman–Crippen MR) is 140 cm³/mol. The van der Waals surface area contributed by atoms with Gasteiger partial charge in [-0.2, -0.15) is 0 Å². The molecule has 7 heteroatoms. The van der Waals surface area contributed by atoms with Crippen LogP contribution in [0.2, 0.25) is 0 Å². The zero-order chi connectivity index (χ0) is 25.6. The van der Waals surface area contributed by atoms with Crippen molar-refractivity contribution in [2.24, 2.45) is 5.41 Å². The lowest BCUT2D eigenvalue weighted by Gasteiger charge is -2.56. The summed E-state index contributed by atoms with van der Waals surface area (Å²) in [7, 11) is 0. The molecule has 1 aromatic heterocycles. The molecule has 192 valence electrons. The quantitative estimate of drug-likeness (QED) is 0.523. The summed E-state index contributed by atoms with van der Waals surface area (Å²) in [6, 6.07) is 14.5. The van der Waals surface area contributed by atoms with Gasteiger partial charge in [0, 0.05) is 55.7 Å². The van der Waals surface area contributed by atoms with Crippen molar-refractivity contribution in [2.75, 3.05) is 26.2 Å². The molecular weight excluding hydrogens is 464 g/mol. The van der Waals surface area contributed by atoms with Gasteiger partial charge in [0.15, 0.2) is 12.1 Å². The fourth-order valence-corrected chi connectivity index (χ4v) is 6.53. The van der Waals surface area contributed by atoms with E-state index < -0.39 is 6.29 Å². The number of amides is 1. The van der Waals surface area contributed by atoms with Gasteiger partial charge in [-0.15, -0.1) is 0 Å². The van der Waals surface area contributed by atoms with Crippen LogP contribution < -0.4 is 0 Å². The monoisotopic (exact) mass is 498 g/mol. The highest BCUT2D eigenvalue weighted by Gasteiger charge is 2.48. The Morgan fingerprint density at radius 1 is 1.08 bits per heavy atom. The van der Waals surface area contributed by atoms with E-state index in [4.69, 9.17) is 0 Å². The van der Waals surface area contributed by atoms with E-state index in [9.17, 15) is 15.0 Å². The topological polar surface area (TPSA) is 89.8 Å². The van der Waals surface area contributed by atoms with E-state index in [0.29, 0.717) is 22.6 Å². The summed E-state index contributed by atoms with van der Waals surface area (Å²) in [6.07, 6.45) is 6.53. The van der Waals surface area contributed by atoms with Crippen LogP contribution in [0.15, 0.2) is 54.9 Å². The molecule has 2 aromatic carbocycles. The van der Waals surface area contributed by atoms with Gasteiger partial charge >= 0.3 is 0 Å². The molecule has 0 saturated carbocycles. The minimum Gasteiger partial charge on any atom is -0.364 e. The maximum atomic E-state index is 13.0. The van der Waals surface area contributed by atoms with Crippen LogP contribution in [0.3, 0.4) is 0 Å². The van der Waals surface area contributed by atoms with Crippen molar-refractivity contribution in [3.05, 3.63) is 82.7 Å². The summed E-state index contributed by atoms with van der Waals surface area (Å²) in [5.74, 6) is 0.851. The van der Waals surface area contributed by atoms with Crippen molar-refractivity contribution in [1.82, 2.24) is 19.8 Å². The van der Waals surface area contributed by atoms with E-state index in [1.165, 1.54) is 11.1 Å². The Hall–Kier alpha value is -3.13. The van der Waals surface area contributed by atoms with Gasteiger partial charge in [-0.05, 0) is 66.8 Å². The van der Waals surface area contributed by atoms with Crippen LogP contribution >= 0.6 is 0 Å². The minimum atomic E-state index is -1.56. The molecule has 3 heterocycles. The number of aryl methyl sites for hydroxylation is 2. The Kier molecular flexibility index (Phi) is 6.31. The average molecular weight is 499 g/mol. The van der Waals surface area contributed by atoms with E-state index >= 15 is 0 Å². The molecule has 3 aromatic rings. The molecule has 1 atom stereocenters. The highest BCUT2D eigenvalue weighted by molar-refractivity contribution is 5.79. The number of carbonyl (C=O) groups excluding carboxylic acids is 1. The molecule has 2 N–H and O–H groups in total. The molecule has 0 radical (unpaired) electrons. The molecule has 2 aliphatic heterocycles. The molecule has 37 heavy (non-hydrogen) atoms. The Balaban J connectivity index is 1.05. The lowest BCUT2D eigenvalue weighted by Crippen LogP contribution is -2.61. The van der Waals surface area contributed by atoms with Gasteiger partial charge in [-0.25, -0.2) is 9.97 Å². The molecule has 1 spiro atoms. The third-order valence-corrected chi connectivity index (χ3v) is 8.63. The van der Waals surface area contributed by atoms with Crippen LogP contribution in [-0.4, -0.2) is 62.1 Å². The second-order valence-electron chi connectivity index (χ2n) is 11.1. The second-order valence-corrected chi connectivity index (χ2v) is 11.1. The molecule has 0 bridgehead atoms. The van der Waals surface area contributed by atoms with Gasteiger partial charge in [-0.3, -0.25) is 9.69 Å². The number of carbonyl (C=O) groups is 1. The summed E-state index contributed by atoms with van der Waals surface area (Å²) in [5, 5.41) is 19.4. The maximum absolute atomic E-state index is 13.0. The number of piperidine rings is 1. The molecular formula is C30H34N4O3. The molecule has 0 unspecified atom stereocenters. The van der Waals surface area contributed by atoms with Crippen molar-refractivity contribution >= 4 is 5.91 Å². The third kappa shape index (κ3) is 4.67. The first-order chi connectivity index (χ1) is 17.9. The maximum Gasteiger partial charge on any atom is 0.227 e. The van der Waals surface area contributed by atoms with Gasteiger partial charge in [0.2, 0.25) is 5.91 Å². The van der Waals surface area contributed by atoms with Gasteiger partial charge in [0.1, 0.15) is 0 Å². The van der Waals surface area contributed by atoms with Gasteiger partial charge in [0.25, 0.3) is 0 Å². The van der Waals surface area contributed by atoms with Gasteiger partial charge < -0.3 is 15.1 Å². The number of nitrogens with zero attached hydrogens (tertiary/aromatic N) is 4. The average Bonchev–Trinajstić information content (AvgIpc) is 3.31. The Morgan fingerprint density at radius 2 is 1.84 bits per heavy atom. The summed E-state index contributed by atoms with van der Waals surface area (Å²) in [5.41, 5.74) is 6.34. The summed E-state index contributed by atoms with van der Waals surface area (Å²) in [4.78, 5) is 26.4. The molecule has 6 rings (SSSR count). The van der Waals surface area contributed by atoms with E-state index in [-0.39, 0.29) is 12.3 Å². The number of likely N-dealkylation sites (tertiary alicyclic amines) is 2. The van der Waals surface area contributed by atoms with E-state index in [1.54, 1.807) is 18.5 Å². The van der Waals surface area contributed by atoms with Gasteiger partial charge in [-0.1, -0.05) is 35.9 Å². The first-order valence-corrected chi connectivity index (χ1v) is 13.3. The molecule has 1 aliphatic carbocycles. The first kappa shape index (κ1) is 24.2. The number of hydrogen-bond donors (Lipinski definition) is 2. The number of benzene rings is 2. The smallest absolute Gasteiger partial charge is 0.227 e. The number of fused-ring (bicyclic) bond motifs is 1. The Labute approximate surface area is 217 Å². The third-order valence-electron chi connectivity index (χ3n) is 8.63. The standard InChI is InChI=1S/C30H34N4O3/c1-20-3-4-22(25(15-20)29(36)37)17-27(35)33-13-9-30(10-14-33)18-34(19-30)26-8-6-21-16-23(5-7-24(21)26)28-31-11-2-12-32-28/h2-5,7,11-12,15-16,26,29,36-37H,6,8-10,13-14,17-19H2,1H3/t26-/m1/s1. The fraction of sp³-hybridized carbons (Fsp3) is 0.433. The van der Waals surface area contributed by atoms with Crippen LogP contribution in [0.5, 0.6) is 0 Å². The summed E-state index contributed by atoms with van der Waals surface area (Å²) >= 11 is 0. The number of aliphatic hydroxyl groups is 2. The minimum absolute atomic E-state index is 0.0692. The lowest BCUT2D eigenvalue weighted by atomic mass is 9.71.